The van der Waals surface area contributed by atoms with Gasteiger partial charge in [0, 0.05) is 16.5 Å². The van der Waals surface area contributed by atoms with Crippen LogP contribution in [0.15, 0.2) is 84.9 Å². The van der Waals surface area contributed by atoms with Gasteiger partial charge in [-0.3, -0.25) is 0 Å². The molecular weight excluding hydrogens is 444 g/mol. The highest BCUT2D eigenvalue weighted by molar-refractivity contribution is 5.92. The molecule has 0 fully saturated rings. The quantitative estimate of drug-likeness (QED) is 0.193. The Balaban J connectivity index is 1.26. The Morgan fingerprint density at radius 3 is 2.03 bits per heavy atom. The van der Waals surface area contributed by atoms with E-state index in [0.29, 0.717) is 17.1 Å². The van der Waals surface area contributed by atoms with E-state index in [1.54, 1.807) is 6.07 Å². The molecule has 2 aliphatic carbocycles. The first kappa shape index (κ1) is 22.4. The number of carbonyl (C=O) groups excluding carboxylic acids is 1. The van der Waals surface area contributed by atoms with Crippen molar-refractivity contribution in [3.05, 3.63) is 129 Å². The molecule has 0 saturated heterocycles. The zero-order valence-corrected chi connectivity index (χ0v) is 20.3. The van der Waals surface area contributed by atoms with Crippen LogP contribution in [0.1, 0.15) is 62.1 Å². The number of carbonyl (C=O) groups is 1. The van der Waals surface area contributed by atoms with E-state index in [-0.39, 0.29) is 11.4 Å². The van der Waals surface area contributed by atoms with Crippen LogP contribution < -0.4 is 4.74 Å². The highest BCUT2D eigenvalue weighted by atomic mass is 16.5. The van der Waals surface area contributed by atoms with Crippen LogP contribution in [0.25, 0.3) is 12.2 Å². The number of hydrogen-bond acceptors (Lipinski definition) is 3. The normalized spacial score (nSPS) is 17.9. The molecule has 0 aromatic heterocycles. The van der Waals surface area contributed by atoms with Crippen molar-refractivity contribution in [2.75, 3.05) is 0 Å². The lowest BCUT2D eigenvalue weighted by Gasteiger charge is -2.28. The van der Waals surface area contributed by atoms with Crippen LogP contribution in [0.4, 0.5) is 0 Å². The lowest BCUT2D eigenvalue weighted by atomic mass is 9.76. The van der Waals surface area contributed by atoms with Crippen molar-refractivity contribution in [2.24, 2.45) is 0 Å². The van der Waals surface area contributed by atoms with E-state index in [4.69, 9.17) is 4.74 Å². The van der Waals surface area contributed by atoms with E-state index >= 15 is 0 Å². The van der Waals surface area contributed by atoms with Gasteiger partial charge in [0.25, 0.3) is 0 Å². The second-order valence-electron chi connectivity index (χ2n) is 9.94. The van der Waals surface area contributed by atoms with Crippen molar-refractivity contribution < 1.29 is 14.6 Å². The van der Waals surface area contributed by atoms with E-state index < -0.39 is 0 Å². The average molecular weight is 473 g/mol. The number of fused-ring (bicyclic) bond motifs is 4. The van der Waals surface area contributed by atoms with Gasteiger partial charge in [-0.05, 0) is 79.1 Å². The average Bonchev–Trinajstić information content (AvgIpc) is 3.47. The van der Waals surface area contributed by atoms with Crippen molar-refractivity contribution in [3.8, 4) is 11.5 Å². The zero-order valence-electron chi connectivity index (χ0n) is 20.3. The van der Waals surface area contributed by atoms with Crippen molar-refractivity contribution >= 4 is 18.1 Å². The van der Waals surface area contributed by atoms with Gasteiger partial charge >= 0.3 is 5.97 Å². The highest BCUT2D eigenvalue weighted by Crippen LogP contribution is 2.57. The third-order valence-electron chi connectivity index (χ3n) is 7.74. The van der Waals surface area contributed by atoms with Crippen LogP contribution in [0.5, 0.6) is 11.5 Å². The maximum Gasteiger partial charge on any atom is 0.343 e. The summed E-state index contributed by atoms with van der Waals surface area (Å²) in [5, 5.41) is 10.8. The summed E-state index contributed by atoms with van der Waals surface area (Å²) in [5.41, 5.74) is 8.08. The number of benzene rings is 4. The maximum absolute atomic E-state index is 13.2. The molecule has 4 aromatic rings. The van der Waals surface area contributed by atoms with Crippen molar-refractivity contribution in [1.29, 1.82) is 0 Å². The van der Waals surface area contributed by atoms with Crippen LogP contribution in [0.3, 0.4) is 0 Å². The first-order chi connectivity index (χ1) is 17.5. The predicted octanol–water partition coefficient (Wildman–Crippen LogP) is 7.27. The number of ether oxygens (including phenoxy) is 1. The summed E-state index contributed by atoms with van der Waals surface area (Å²) in [7, 11) is 0. The molecule has 4 aromatic carbocycles. The van der Waals surface area contributed by atoms with Crippen molar-refractivity contribution in [3.63, 3.8) is 0 Å². The number of phenols is 1. The van der Waals surface area contributed by atoms with E-state index in [1.807, 2.05) is 48.5 Å². The third-order valence-corrected chi connectivity index (χ3v) is 7.74. The topological polar surface area (TPSA) is 46.5 Å². The number of hydrogen-bond donors (Lipinski definition) is 1. The number of aromatic hydroxyl groups is 1. The fourth-order valence-electron chi connectivity index (χ4n) is 5.97. The van der Waals surface area contributed by atoms with Gasteiger partial charge < -0.3 is 9.84 Å². The Morgan fingerprint density at radius 2 is 1.36 bits per heavy atom. The molecule has 0 aliphatic heterocycles. The molecule has 2 aliphatic rings. The summed E-state index contributed by atoms with van der Waals surface area (Å²) >= 11 is 0. The van der Waals surface area contributed by atoms with E-state index in [1.165, 1.54) is 16.7 Å². The van der Waals surface area contributed by atoms with Crippen LogP contribution in [0, 0.1) is 6.92 Å². The van der Waals surface area contributed by atoms with Gasteiger partial charge in [0.15, 0.2) is 0 Å². The molecule has 1 N–H and O–H groups in total. The largest absolute Gasteiger partial charge is 0.508 e. The van der Waals surface area contributed by atoms with Gasteiger partial charge in [-0.15, -0.1) is 0 Å². The Morgan fingerprint density at radius 1 is 0.778 bits per heavy atom. The van der Waals surface area contributed by atoms with E-state index in [2.05, 4.69) is 49.4 Å². The number of aryl methyl sites for hydroxylation is 3. The van der Waals surface area contributed by atoms with Crippen molar-refractivity contribution in [2.45, 2.75) is 38.0 Å². The van der Waals surface area contributed by atoms with Gasteiger partial charge in [-0.1, -0.05) is 78.4 Å². The molecule has 0 amide bonds. The molecule has 1 atom stereocenters. The number of rotatable bonds is 4. The fourth-order valence-corrected chi connectivity index (χ4v) is 5.97. The van der Waals surface area contributed by atoms with Gasteiger partial charge in [0.05, 0.1) is 5.56 Å². The first-order valence-electron chi connectivity index (χ1n) is 12.5. The number of phenolic OH excluding ortho intramolecular Hbond substituents is 1. The lowest BCUT2D eigenvalue weighted by molar-refractivity contribution is 0.0732. The molecule has 0 heterocycles. The summed E-state index contributed by atoms with van der Waals surface area (Å²) in [4.78, 5) is 13.2. The minimum Gasteiger partial charge on any atom is -0.508 e. The number of esters is 1. The SMILES string of the molecule is Cc1ccc(/C=C/c2ccc(C(=O)Oc3cccc4c3[C@]3(CCc5cccc(O)c53)CC4)cc2)cc1. The predicted molar refractivity (Wildman–Crippen MR) is 143 cm³/mol. The molecular formula is C33H28O3. The summed E-state index contributed by atoms with van der Waals surface area (Å²) in [5.74, 6) is 0.581. The molecule has 0 unspecified atom stereocenters. The molecule has 0 saturated carbocycles. The molecule has 36 heavy (non-hydrogen) atoms. The standard InChI is InChI=1S/C33H28O3/c1-22-8-10-23(11-9-22)12-13-24-14-16-27(17-15-24)32(35)36-29-7-3-5-26-19-21-33(31(26)29)20-18-25-4-2-6-28(34)30(25)33/h2-17,34H,18-21H2,1H3/b13-12+/t33-/m1/s1. The molecule has 0 bridgehead atoms. The minimum absolute atomic E-state index is 0.294. The lowest BCUT2D eigenvalue weighted by Crippen LogP contribution is -2.23. The maximum atomic E-state index is 13.2. The molecule has 178 valence electrons. The van der Waals surface area contributed by atoms with Gasteiger partial charge in [-0.25, -0.2) is 4.79 Å². The Kier molecular flexibility index (Phi) is 5.49. The van der Waals surface area contributed by atoms with Crippen LogP contribution in [-0.2, 0) is 18.3 Å². The van der Waals surface area contributed by atoms with Crippen LogP contribution in [-0.4, -0.2) is 11.1 Å². The van der Waals surface area contributed by atoms with Crippen LogP contribution in [0.2, 0.25) is 0 Å². The first-order valence-corrected chi connectivity index (χ1v) is 12.5. The van der Waals surface area contributed by atoms with E-state index in [9.17, 15) is 9.90 Å². The van der Waals surface area contributed by atoms with E-state index in [0.717, 1.165) is 47.9 Å². The monoisotopic (exact) mass is 472 g/mol. The molecule has 1 spiro atoms. The highest BCUT2D eigenvalue weighted by Gasteiger charge is 2.48. The van der Waals surface area contributed by atoms with Gasteiger partial charge in [0.2, 0.25) is 0 Å². The molecule has 0 radical (unpaired) electrons. The second-order valence-corrected chi connectivity index (χ2v) is 9.94. The second kappa shape index (κ2) is 8.83. The Bertz CT molecular complexity index is 1470. The zero-order chi connectivity index (χ0) is 24.7. The summed E-state index contributed by atoms with van der Waals surface area (Å²) < 4.78 is 6.03. The molecule has 3 nitrogen and oxygen atoms in total. The van der Waals surface area contributed by atoms with Gasteiger partial charge in [0.1, 0.15) is 11.5 Å². The molecule has 6 rings (SSSR count). The third kappa shape index (κ3) is 3.81. The summed E-state index contributed by atoms with van der Waals surface area (Å²) in [6.07, 6.45) is 7.78. The summed E-state index contributed by atoms with van der Waals surface area (Å²) in [6.45, 7) is 2.07. The Labute approximate surface area is 211 Å². The smallest absolute Gasteiger partial charge is 0.343 e. The minimum atomic E-state index is -0.366. The van der Waals surface area contributed by atoms with Crippen LogP contribution >= 0.6 is 0 Å². The van der Waals surface area contributed by atoms with Crippen molar-refractivity contribution in [1.82, 2.24) is 0 Å². The molecule has 3 heteroatoms. The summed E-state index contributed by atoms with van der Waals surface area (Å²) in [6, 6.07) is 27.6. The Hall–Kier alpha value is -4.11. The van der Waals surface area contributed by atoms with Gasteiger partial charge in [-0.2, -0.15) is 0 Å². The fraction of sp³-hybridized carbons (Fsp3) is 0.182.